The van der Waals surface area contributed by atoms with Gasteiger partial charge >= 0.3 is 6.03 Å². The highest BCUT2D eigenvalue weighted by Gasteiger charge is 2.18. The van der Waals surface area contributed by atoms with E-state index in [4.69, 9.17) is 5.73 Å². The quantitative estimate of drug-likeness (QED) is 0.379. The van der Waals surface area contributed by atoms with E-state index in [9.17, 15) is 18.0 Å². The molecule has 1 aromatic heterocycles. The van der Waals surface area contributed by atoms with Crippen LogP contribution in [0.25, 0.3) is 0 Å². The summed E-state index contributed by atoms with van der Waals surface area (Å²) >= 11 is 0. The van der Waals surface area contributed by atoms with Gasteiger partial charge < -0.3 is 16.0 Å². The van der Waals surface area contributed by atoms with Gasteiger partial charge in [0.25, 0.3) is 5.91 Å². The number of aromatic nitrogens is 2. The number of nitrogens with two attached hydrogens (primary N) is 1. The molecule has 5 N–H and O–H groups in total. The first-order valence-electron chi connectivity index (χ1n) is 10.5. The first-order valence-corrected chi connectivity index (χ1v) is 12.4. The lowest BCUT2D eigenvalue weighted by Gasteiger charge is -2.08. The highest BCUT2D eigenvalue weighted by atomic mass is 32.2. The van der Waals surface area contributed by atoms with Gasteiger partial charge in [0.1, 0.15) is 11.6 Å². The summed E-state index contributed by atoms with van der Waals surface area (Å²) in [4.78, 5) is 31.5. The van der Waals surface area contributed by atoms with Crippen LogP contribution < -0.4 is 16.4 Å². The zero-order valence-electron chi connectivity index (χ0n) is 18.5. The molecule has 174 valence electrons. The molecule has 2 aromatic carbocycles. The smallest absolute Gasteiger partial charge is 0.324 e. The van der Waals surface area contributed by atoms with Crippen molar-refractivity contribution in [2.24, 2.45) is 5.73 Å². The Kier molecular flexibility index (Phi) is 7.49. The fourth-order valence-electron chi connectivity index (χ4n) is 3.23. The molecule has 10 heteroatoms. The minimum atomic E-state index is -3.29. The topological polar surface area (TPSA) is 147 Å². The SMILES string of the molecule is CCCCc1ccc(NC(=O)Nc2[nH]c(Cc3ccc(S(C)(=O)=O)cc3)nc2C(N)=O)cc1. The summed E-state index contributed by atoms with van der Waals surface area (Å²) in [6.45, 7) is 2.14. The number of benzene rings is 2. The first-order chi connectivity index (χ1) is 15.7. The summed E-state index contributed by atoms with van der Waals surface area (Å²) < 4.78 is 23.2. The van der Waals surface area contributed by atoms with E-state index in [1.165, 1.54) is 17.7 Å². The lowest BCUT2D eigenvalue weighted by atomic mass is 10.1. The Bertz CT molecular complexity index is 1230. The summed E-state index contributed by atoms with van der Waals surface area (Å²) in [6, 6.07) is 13.3. The van der Waals surface area contributed by atoms with E-state index in [0.29, 0.717) is 11.5 Å². The number of rotatable bonds is 9. The number of urea groups is 1. The molecule has 0 spiro atoms. The van der Waals surface area contributed by atoms with Crippen molar-refractivity contribution in [2.45, 2.75) is 37.5 Å². The van der Waals surface area contributed by atoms with Crippen molar-refractivity contribution in [1.82, 2.24) is 9.97 Å². The van der Waals surface area contributed by atoms with E-state index in [1.807, 2.05) is 24.3 Å². The maximum Gasteiger partial charge on any atom is 0.324 e. The number of anilines is 2. The van der Waals surface area contributed by atoms with E-state index < -0.39 is 21.8 Å². The highest BCUT2D eigenvalue weighted by Crippen LogP contribution is 2.18. The van der Waals surface area contributed by atoms with Crippen LogP contribution in [-0.4, -0.2) is 36.6 Å². The van der Waals surface area contributed by atoms with Crippen molar-refractivity contribution in [3.8, 4) is 0 Å². The first kappa shape index (κ1) is 24.0. The zero-order valence-corrected chi connectivity index (χ0v) is 19.3. The number of imidazole rings is 1. The number of nitrogens with one attached hydrogen (secondary N) is 3. The van der Waals surface area contributed by atoms with Gasteiger partial charge in [0.05, 0.1) is 4.90 Å². The Morgan fingerprint density at radius 2 is 1.64 bits per heavy atom. The van der Waals surface area contributed by atoms with Crippen LogP contribution in [-0.2, 0) is 22.7 Å². The summed E-state index contributed by atoms with van der Waals surface area (Å²) in [5.74, 6) is -0.311. The molecule has 9 nitrogen and oxygen atoms in total. The van der Waals surface area contributed by atoms with Crippen LogP contribution in [0.3, 0.4) is 0 Å². The summed E-state index contributed by atoms with van der Waals surface area (Å²) in [7, 11) is -3.29. The molecular formula is C23H27N5O4S. The molecule has 3 rings (SSSR count). The molecule has 33 heavy (non-hydrogen) atoms. The largest absolute Gasteiger partial charge is 0.364 e. The molecular weight excluding hydrogens is 442 g/mol. The minimum absolute atomic E-state index is 0.0855. The van der Waals surface area contributed by atoms with Gasteiger partial charge in [0.2, 0.25) is 0 Å². The lowest BCUT2D eigenvalue weighted by Crippen LogP contribution is -2.22. The van der Waals surface area contributed by atoms with Crippen molar-refractivity contribution < 1.29 is 18.0 Å². The number of primary amides is 1. The van der Waals surface area contributed by atoms with E-state index in [2.05, 4.69) is 27.5 Å². The van der Waals surface area contributed by atoms with Gasteiger partial charge in [-0.2, -0.15) is 0 Å². The summed E-state index contributed by atoms with van der Waals surface area (Å²) in [6.07, 6.45) is 4.62. The predicted octanol–water partition coefficient (Wildman–Crippen LogP) is 3.49. The van der Waals surface area contributed by atoms with Gasteiger partial charge in [-0.3, -0.25) is 10.1 Å². The van der Waals surface area contributed by atoms with E-state index in [-0.39, 0.29) is 22.8 Å². The van der Waals surface area contributed by atoms with Crippen LogP contribution in [0.15, 0.2) is 53.4 Å². The number of nitrogens with zero attached hydrogens (tertiary/aromatic N) is 1. The molecule has 0 aliphatic carbocycles. The molecule has 0 unspecified atom stereocenters. The van der Waals surface area contributed by atoms with Crippen molar-refractivity contribution in [3.63, 3.8) is 0 Å². The molecule has 0 fully saturated rings. The number of carbonyl (C=O) groups is 2. The molecule has 0 bridgehead atoms. The summed E-state index contributed by atoms with van der Waals surface area (Å²) in [5, 5.41) is 5.29. The Morgan fingerprint density at radius 3 is 2.21 bits per heavy atom. The molecule has 0 saturated carbocycles. The molecule has 0 radical (unpaired) electrons. The number of amides is 3. The molecule has 3 aromatic rings. The van der Waals surface area contributed by atoms with Crippen LogP contribution in [0.2, 0.25) is 0 Å². The summed E-state index contributed by atoms with van der Waals surface area (Å²) in [5.41, 5.74) is 7.90. The number of carbonyl (C=O) groups excluding carboxylic acids is 2. The predicted molar refractivity (Wildman–Crippen MR) is 127 cm³/mol. The van der Waals surface area contributed by atoms with Crippen LogP contribution in [0.5, 0.6) is 0 Å². The number of aryl methyl sites for hydroxylation is 1. The van der Waals surface area contributed by atoms with Gasteiger partial charge in [-0.1, -0.05) is 37.6 Å². The number of hydrogen-bond acceptors (Lipinski definition) is 5. The molecule has 0 aliphatic heterocycles. The Hall–Kier alpha value is -3.66. The number of unbranched alkanes of at least 4 members (excludes halogenated alkanes) is 1. The Balaban J connectivity index is 1.69. The maximum absolute atomic E-state index is 12.4. The van der Waals surface area contributed by atoms with Gasteiger partial charge in [-0.25, -0.2) is 18.2 Å². The standard InChI is InChI=1S/C23H27N5O4S/c1-3-4-5-15-6-10-17(11-7-15)25-23(30)28-22-20(21(24)29)26-19(27-22)14-16-8-12-18(13-9-16)33(2,31)32/h6-13H,3-5,14H2,1-2H3,(H2,24,29)(H,26,27)(H2,25,28,30). The third-order valence-corrected chi connectivity index (χ3v) is 6.11. The third-order valence-electron chi connectivity index (χ3n) is 4.98. The monoisotopic (exact) mass is 469 g/mol. The van der Waals surface area contributed by atoms with Crippen molar-refractivity contribution >= 4 is 33.3 Å². The van der Waals surface area contributed by atoms with Gasteiger partial charge in [-0.05, 0) is 48.2 Å². The van der Waals surface area contributed by atoms with Crippen molar-refractivity contribution in [1.29, 1.82) is 0 Å². The van der Waals surface area contributed by atoms with Crippen LogP contribution in [0, 0.1) is 0 Å². The third kappa shape index (κ3) is 6.66. The van der Waals surface area contributed by atoms with Gasteiger partial charge in [-0.15, -0.1) is 0 Å². The average molecular weight is 470 g/mol. The molecule has 0 aliphatic rings. The van der Waals surface area contributed by atoms with Crippen LogP contribution in [0.4, 0.5) is 16.3 Å². The highest BCUT2D eigenvalue weighted by molar-refractivity contribution is 7.90. The van der Waals surface area contributed by atoms with E-state index in [0.717, 1.165) is 31.1 Å². The molecule has 0 atom stereocenters. The normalized spacial score (nSPS) is 11.2. The number of sulfone groups is 1. The van der Waals surface area contributed by atoms with Crippen molar-refractivity contribution in [2.75, 3.05) is 16.9 Å². The van der Waals surface area contributed by atoms with Crippen LogP contribution >= 0.6 is 0 Å². The van der Waals surface area contributed by atoms with E-state index >= 15 is 0 Å². The second-order valence-corrected chi connectivity index (χ2v) is 9.76. The van der Waals surface area contributed by atoms with Crippen molar-refractivity contribution in [3.05, 3.63) is 71.2 Å². The molecule has 3 amide bonds. The zero-order chi connectivity index (χ0) is 24.0. The number of H-pyrrole nitrogens is 1. The fraction of sp³-hybridized carbons (Fsp3) is 0.261. The molecule has 1 heterocycles. The fourth-order valence-corrected chi connectivity index (χ4v) is 3.86. The van der Waals surface area contributed by atoms with Crippen LogP contribution in [0.1, 0.15) is 47.2 Å². The number of hydrogen-bond donors (Lipinski definition) is 4. The minimum Gasteiger partial charge on any atom is -0.364 e. The average Bonchev–Trinajstić information content (AvgIpc) is 3.15. The van der Waals surface area contributed by atoms with Gasteiger partial charge in [0, 0.05) is 18.4 Å². The molecule has 0 saturated heterocycles. The Morgan fingerprint density at radius 1 is 1.00 bits per heavy atom. The maximum atomic E-state index is 12.4. The Labute approximate surface area is 192 Å². The van der Waals surface area contributed by atoms with E-state index in [1.54, 1.807) is 12.1 Å². The second-order valence-electron chi connectivity index (χ2n) is 7.74. The number of aromatic amines is 1. The second kappa shape index (κ2) is 10.3. The van der Waals surface area contributed by atoms with Gasteiger partial charge in [0.15, 0.2) is 15.5 Å². The lowest BCUT2D eigenvalue weighted by molar-refractivity contribution is 0.0997.